The number of carbonyl (C=O) groups excluding carboxylic acids is 2. The van der Waals surface area contributed by atoms with Gasteiger partial charge in [-0.2, -0.15) is 0 Å². The Bertz CT molecular complexity index is 1010. The molecule has 0 aliphatic heterocycles. The number of rotatable bonds is 5. The van der Waals surface area contributed by atoms with Gasteiger partial charge >= 0.3 is 5.97 Å². The van der Waals surface area contributed by atoms with Gasteiger partial charge in [-0.1, -0.05) is 12.1 Å². The first-order valence-corrected chi connectivity index (χ1v) is 10.0. The van der Waals surface area contributed by atoms with Gasteiger partial charge in [0.25, 0.3) is 0 Å². The number of para-hydroxylation sites is 2. The smallest absolute Gasteiger partial charge is 0.341 e. The molecule has 3 aromatic rings. The lowest BCUT2D eigenvalue weighted by molar-refractivity contribution is -0.116. The number of aromatic nitrogens is 2. The molecule has 1 N–H and O–H groups in total. The number of esters is 1. The lowest BCUT2D eigenvalue weighted by Gasteiger charge is -2.12. The van der Waals surface area contributed by atoms with Gasteiger partial charge in [0.1, 0.15) is 11.5 Å². The number of imidazole rings is 1. The number of hydrogen-bond acceptors (Lipinski definition) is 5. The molecule has 1 aliphatic rings. The minimum Gasteiger partial charge on any atom is -0.462 e. The van der Waals surface area contributed by atoms with E-state index in [1.165, 1.54) is 16.2 Å². The number of nitrogens with zero attached hydrogens (tertiary/aromatic N) is 2. The molecule has 0 fully saturated rings. The zero-order valence-electron chi connectivity index (χ0n) is 15.2. The molecular weight excluding hydrogens is 362 g/mol. The molecule has 0 bridgehead atoms. The quantitative estimate of drug-likeness (QED) is 0.680. The maximum atomic E-state index is 12.7. The lowest BCUT2D eigenvalue weighted by Crippen LogP contribution is -2.19. The predicted molar refractivity (Wildman–Crippen MR) is 105 cm³/mol. The second kappa shape index (κ2) is 7.52. The molecule has 2 aromatic heterocycles. The normalized spacial score (nSPS) is 13.4. The van der Waals surface area contributed by atoms with Crippen LogP contribution < -0.4 is 5.32 Å². The van der Waals surface area contributed by atoms with E-state index in [-0.39, 0.29) is 18.4 Å². The van der Waals surface area contributed by atoms with Gasteiger partial charge in [-0.25, -0.2) is 9.78 Å². The Kier molecular flexibility index (Phi) is 4.94. The number of amides is 1. The van der Waals surface area contributed by atoms with E-state index in [4.69, 9.17) is 4.74 Å². The fourth-order valence-electron chi connectivity index (χ4n) is 3.53. The largest absolute Gasteiger partial charge is 0.462 e. The summed E-state index contributed by atoms with van der Waals surface area (Å²) < 4.78 is 7.05. The van der Waals surface area contributed by atoms with Crippen molar-refractivity contribution in [3.05, 3.63) is 46.6 Å². The molecule has 1 amide bonds. The summed E-state index contributed by atoms with van der Waals surface area (Å²) in [5, 5.41) is 3.55. The SMILES string of the molecule is CCOC(=O)c1c(NC(=O)Cn2cnc3ccccc32)sc2c1CCCC2. The van der Waals surface area contributed by atoms with E-state index in [2.05, 4.69) is 10.3 Å². The summed E-state index contributed by atoms with van der Waals surface area (Å²) in [6.07, 6.45) is 5.65. The number of hydrogen-bond donors (Lipinski definition) is 1. The van der Waals surface area contributed by atoms with Crippen molar-refractivity contribution < 1.29 is 14.3 Å². The zero-order chi connectivity index (χ0) is 18.8. The number of nitrogens with one attached hydrogen (secondary N) is 1. The Morgan fingerprint density at radius 3 is 2.93 bits per heavy atom. The molecule has 27 heavy (non-hydrogen) atoms. The molecule has 140 valence electrons. The van der Waals surface area contributed by atoms with Crippen molar-refractivity contribution in [3.8, 4) is 0 Å². The minimum absolute atomic E-state index is 0.144. The molecule has 0 radical (unpaired) electrons. The number of carbonyl (C=O) groups is 2. The third kappa shape index (κ3) is 3.47. The first-order chi connectivity index (χ1) is 13.2. The zero-order valence-corrected chi connectivity index (χ0v) is 16.0. The Labute approximate surface area is 161 Å². The van der Waals surface area contributed by atoms with E-state index < -0.39 is 0 Å². The van der Waals surface area contributed by atoms with Gasteiger partial charge < -0.3 is 14.6 Å². The van der Waals surface area contributed by atoms with Crippen LogP contribution in [0, 0.1) is 0 Å². The molecule has 0 spiro atoms. The Morgan fingerprint density at radius 2 is 2.07 bits per heavy atom. The average Bonchev–Trinajstić information content (AvgIpc) is 3.23. The molecule has 0 saturated heterocycles. The van der Waals surface area contributed by atoms with E-state index in [1.54, 1.807) is 13.3 Å². The van der Waals surface area contributed by atoms with Crippen molar-refractivity contribution in [2.75, 3.05) is 11.9 Å². The third-order valence-electron chi connectivity index (χ3n) is 4.75. The van der Waals surface area contributed by atoms with Crippen LogP contribution in [-0.4, -0.2) is 28.0 Å². The van der Waals surface area contributed by atoms with E-state index in [0.717, 1.165) is 42.3 Å². The standard InChI is InChI=1S/C20H21N3O3S/c1-2-26-20(25)18-13-7-3-6-10-16(13)27-19(18)22-17(24)11-23-12-21-14-8-4-5-9-15(14)23/h4-5,8-9,12H,2-3,6-7,10-11H2,1H3,(H,22,24). The number of aryl methyl sites for hydroxylation is 1. The summed E-state index contributed by atoms with van der Waals surface area (Å²) in [5.74, 6) is -0.525. The topological polar surface area (TPSA) is 73.2 Å². The summed E-state index contributed by atoms with van der Waals surface area (Å²) in [4.78, 5) is 30.7. The molecule has 2 heterocycles. The lowest BCUT2D eigenvalue weighted by atomic mass is 9.95. The first-order valence-electron chi connectivity index (χ1n) is 9.18. The van der Waals surface area contributed by atoms with Crippen LogP contribution >= 0.6 is 11.3 Å². The summed E-state index contributed by atoms with van der Waals surface area (Å²) in [6.45, 7) is 2.25. The van der Waals surface area contributed by atoms with Crippen LogP contribution in [0.4, 0.5) is 5.00 Å². The molecule has 4 rings (SSSR count). The van der Waals surface area contributed by atoms with Gasteiger partial charge in [0, 0.05) is 4.88 Å². The van der Waals surface area contributed by atoms with Gasteiger partial charge in [0.05, 0.1) is 29.5 Å². The van der Waals surface area contributed by atoms with Crippen molar-refractivity contribution in [3.63, 3.8) is 0 Å². The second-order valence-electron chi connectivity index (χ2n) is 6.54. The highest BCUT2D eigenvalue weighted by Gasteiger charge is 2.27. The van der Waals surface area contributed by atoms with Gasteiger partial charge in [-0.05, 0) is 50.3 Å². The molecule has 0 atom stereocenters. The Hall–Kier alpha value is -2.67. The number of benzene rings is 1. The third-order valence-corrected chi connectivity index (χ3v) is 5.95. The van der Waals surface area contributed by atoms with Crippen LogP contribution in [0.25, 0.3) is 11.0 Å². The maximum absolute atomic E-state index is 12.7. The van der Waals surface area contributed by atoms with Crippen molar-refractivity contribution >= 4 is 39.2 Å². The van der Waals surface area contributed by atoms with Crippen molar-refractivity contribution in [2.24, 2.45) is 0 Å². The number of fused-ring (bicyclic) bond motifs is 2. The maximum Gasteiger partial charge on any atom is 0.341 e. The molecule has 1 aromatic carbocycles. The van der Waals surface area contributed by atoms with Crippen molar-refractivity contribution in [1.29, 1.82) is 0 Å². The molecular formula is C20H21N3O3S. The summed E-state index contributed by atoms with van der Waals surface area (Å²) in [6, 6.07) is 7.69. The highest BCUT2D eigenvalue weighted by molar-refractivity contribution is 7.17. The predicted octanol–water partition coefficient (Wildman–Crippen LogP) is 3.79. The van der Waals surface area contributed by atoms with Crippen molar-refractivity contribution in [1.82, 2.24) is 9.55 Å². The number of thiophene rings is 1. The molecule has 0 saturated carbocycles. The van der Waals surface area contributed by atoms with Gasteiger partial charge in [-0.15, -0.1) is 11.3 Å². The van der Waals surface area contributed by atoms with E-state index in [9.17, 15) is 9.59 Å². The second-order valence-corrected chi connectivity index (χ2v) is 7.65. The molecule has 1 aliphatic carbocycles. The van der Waals surface area contributed by atoms with Gasteiger partial charge in [0.15, 0.2) is 0 Å². The fourth-order valence-corrected chi connectivity index (χ4v) is 4.82. The summed E-state index contributed by atoms with van der Waals surface area (Å²) in [5.41, 5.74) is 3.35. The van der Waals surface area contributed by atoms with E-state index in [1.807, 2.05) is 28.8 Å². The molecule has 6 nitrogen and oxygen atoms in total. The highest BCUT2D eigenvalue weighted by atomic mass is 32.1. The van der Waals surface area contributed by atoms with E-state index >= 15 is 0 Å². The van der Waals surface area contributed by atoms with Gasteiger partial charge in [-0.3, -0.25) is 4.79 Å². The summed E-state index contributed by atoms with van der Waals surface area (Å²) >= 11 is 1.50. The van der Waals surface area contributed by atoms with Crippen LogP contribution in [0.5, 0.6) is 0 Å². The van der Waals surface area contributed by atoms with Crippen LogP contribution in [0.1, 0.15) is 40.6 Å². The van der Waals surface area contributed by atoms with E-state index in [0.29, 0.717) is 17.2 Å². The Morgan fingerprint density at radius 1 is 1.26 bits per heavy atom. The average molecular weight is 383 g/mol. The fraction of sp³-hybridized carbons (Fsp3) is 0.350. The highest BCUT2D eigenvalue weighted by Crippen LogP contribution is 2.38. The first kappa shape index (κ1) is 17.7. The van der Waals surface area contributed by atoms with Crippen LogP contribution in [0.3, 0.4) is 0 Å². The summed E-state index contributed by atoms with van der Waals surface area (Å²) in [7, 11) is 0. The minimum atomic E-state index is -0.347. The Balaban J connectivity index is 1.59. The number of ether oxygens (including phenoxy) is 1. The molecule has 0 unspecified atom stereocenters. The van der Waals surface area contributed by atoms with Crippen LogP contribution in [-0.2, 0) is 28.9 Å². The molecule has 7 heteroatoms. The van der Waals surface area contributed by atoms with Crippen LogP contribution in [0.15, 0.2) is 30.6 Å². The number of anilines is 1. The van der Waals surface area contributed by atoms with Gasteiger partial charge in [0.2, 0.25) is 5.91 Å². The van der Waals surface area contributed by atoms with Crippen molar-refractivity contribution in [2.45, 2.75) is 39.2 Å². The monoisotopic (exact) mass is 383 g/mol. The van der Waals surface area contributed by atoms with Crippen LogP contribution in [0.2, 0.25) is 0 Å².